The number of nitrogens with one attached hydrogen (secondary N) is 1. The van der Waals surface area contributed by atoms with E-state index in [4.69, 9.17) is 0 Å². The molecule has 3 rings (SSSR count). The highest BCUT2D eigenvalue weighted by molar-refractivity contribution is 5.92. The van der Waals surface area contributed by atoms with E-state index < -0.39 is 0 Å². The van der Waals surface area contributed by atoms with Crippen molar-refractivity contribution < 1.29 is 4.79 Å². The molecule has 0 aliphatic carbocycles. The number of carbonyl (C=O) groups is 1. The number of rotatable bonds is 3. The van der Waals surface area contributed by atoms with Gasteiger partial charge in [-0.3, -0.25) is 4.79 Å². The molecule has 1 unspecified atom stereocenters. The topological polar surface area (TPSA) is 71.0 Å². The van der Waals surface area contributed by atoms with Gasteiger partial charge in [0.25, 0.3) is 0 Å². The van der Waals surface area contributed by atoms with Crippen LogP contribution < -0.4 is 10.2 Å². The van der Waals surface area contributed by atoms with Crippen molar-refractivity contribution in [3.63, 3.8) is 0 Å². The molecule has 0 spiro atoms. The highest BCUT2D eigenvalue weighted by Gasteiger charge is 2.27. The standard InChI is InChI=1S/C17H21N5O/c1-12-7-8-18-15(10-12)19-17(23)14-4-3-9-22(11-14)16-6-5-13(2)20-21-16/h5-8,10,14H,3-4,9,11H2,1-2H3,(H,18,19,23). The minimum atomic E-state index is -0.0610. The third-order valence-corrected chi connectivity index (χ3v) is 4.07. The van der Waals surface area contributed by atoms with Crippen LogP contribution in [-0.4, -0.2) is 34.2 Å². The van der Waals surface area contributed by atoms with Gasteiger partial charge in [0, 0.05) is 19.3 Å². The van der Waals surface area contributed by atoms with Gasteiger partial charge in [-0.15, -0.1) is 5.10 Å². The van der Waals surface area contributed by atoms with Gasteiger partial charge in [0.1, 0.15) is 5.82 Å². The van der Waals surface area contributed by atoms with Crippen LogP contribution in [0.3, 0.4) is 0 Å². The van der Waals surface area contributed by atoms with Gasteiger partial charge >= 0.3 is 0 Å². The van der Waals surface area contributed by atoms with Crippen LogP contribution in [-0.2, 0) is 4.79 Å². The molecule has 0 bridgehead atoms. The molecule has 2 aromatic heterocycles. The molecule has 1 saturated heterocycles. The van der Waals surface area contributed by atoms with Crippen molar-refractivity contribution in [3.8, 4) is 0 Å². The lowest BCUT2D eigenvalue weighted by molar-refractivity contribution is -0.120. The number of pyridine rings is 1. The van der Waals surface area contributed by atoms with E-state index in [0.717, 1.165) is 36.5 Å². The van der Waals surface area contributed by atoms with Crippen LogP contribution in [0.2, 0.25) is 0 Å². The van der Waals surface area contributed by atoms with Crippen molar-refractivity contribution in [1.82, 2.24) is 15.2 Å². The number of aromatic nitrogens is 3. The predicted octanol–water partition coefficient (Wildman–Crippen LogP) is 2.34. The van der Waals surface area contributed by atoms with Gasteiger partial charge in [-0.05, 0) is 56.5 Å². The largest absolute Gasteiger partial charge is 0.354 e. The number of nitrogens with zero attached hydrogens (tertiary/aromatic N) is 4. The van der Waals surface area contributed by atoms with Crippen molar-refractivity contribution >= 4 is 17.5 Å². The Hall–Kier alpha value is -2.50. The first-order valence-electron chi connectivity index (χ1n) is 7.90. The van der Waals surface area contributed by atoms with Crippen LogP contribution in [0.1, 0.15) is 24.1 Å². The second-order valence-corrected chi connectivity index (χ2v) is 6.03. The second kappa shape index (κ2) is 6.73. The van der Waals surface area contributed by atoms with E-state index in [1.807, 2.05) is 38.1 Å². The lowest BCUT2D eigenvalue weighted by atomic mass is 9.97. The number of carbonyl (C=O) groups excluding carboxylic acids is 1. The molecule has 1 amide bonds. The van der Waals surface area contributed by atoms with Crippen LogP contribution in [0, 0.1) is 19.8 Å². The van der Waals surface area contributed by atoms with Crippen molar-refractivity contribution in [1.29, 1.82) is 0 Å². The molecule has 1 aliphatic rings. The normalized spacial score (nSPS) is 17.8. The van der Waals surface area contributed by atoms with E-state index in [1.54, 1.807) is 6.20 Å². The van der Waals surface area contributed by atoms with Gasteiger partial charge < -0.3 is 10.2 Å². The molecule has 6 heteroatoms. The number of anilines is 2. The van der Waals surface area contributed by atoms with Crippen molar-refractivity contribution in [2.75, 3.05) is 23.3 Å². The summed E-state index contributed by atoms with van der Waals surface area (Å²) in [6.07, 6.45) is 3.56. The Labute approximate surface area is 136 Å². The Morgan fingerprint density at radius 1 is 1.26 bits per heavy atom. The molecular weight excluding hydrogens is 290 g/mol. The maximum atomic E-state index is 12.5. The summed E-state index contributed by atoms with van der Waals surface area (Å²) in [6.45, 7) is 5.47. The lowest BCUT2D eigenvalue weighted by Crippen LogP contribution is -2.41. The summed E-state index contributed by atoms with van der Waals surface area (Å²) in [6, 6.07) is 7.70. The molecule has 1 fully saturated rings. The minimum absolute atomic E-state index is 0.0212. The Morgan fingerprint density at radius 2 is 2.13 bits per heavy atom. The second-order valence-electron chi connectivity index (χ2n) is 6.03. The minimum Gasteiger partial charge on any atom is -0.354 e. The quantitative estimate of drug-likeness (QED) is 0.942. The summed E-state index contributed by atoms with van der Waals surface area (Å²) in [5, 5.41) is 11.2. The lowest BCUT2D eigenvalue weighted by Gasteiger charge is -2.32. The molecule has 2 aromatic rings. The molecular formula is C17H21N5O. The summed E-state index contributed by atoms with van der Waals surface area (Å²) in [5.41, 5.74) is 1.97. The van der Waals surface area contributed by atoms with E-state index in [-0.39, 0.29) is 11.8 Å². The van der Waals surface area contributed by atoms with Gasteiger partial charge in [-0.2, -0.15) is 5.10 Å². The molecule has 23 heavy (non-hydrogen) atoms. The van der Waals surface area contributed by atoms with Crippen molar-refractivity contribution in [3.05, 3.63) is 41.7 Å². The average Bonchev–Trinajstić information content (AvgIpc) is 2.56. The number of aryl methyl sites for hydroxylation is 2. The van der Waals surface area contributed by atoms with Crippen molar-refractivity contribution in [2.45, 2.75) is 26.7 Å². The highest BCUT2D eigenvalue weighted by Crippen LogP contribution is 2.22. The SMILES string of the molecule is Cc1ccnc(NC(=O)C2CCCN(c3ccc(C)nn3)C2)c1. The first-order chi connectivity index (χ1) is 11.1. The Bertz CT molecular complexity index is 686. The van der Waals surface area contributed by atoms with Gasteiger partial charge in [-0.1, -0.05) is 0 Å². The smallest absolute Gasteiger partial charge is 0.230 e. The fourth-order valence-electron chi connectivity index (χ4n) is 2.79. The Kier molecular flexibility index (Phi) is 4.50. The third-order valence-electron chi connectivity index (χ3n) is 4.07. The Balaban J connectivity index is 1.65. The van der Waals surface area contributed by atoms with Crippen molar-refractivity contribution in [2.24, 2.45) is 5.92 Å². The highest BCUT2D eigenvalue weighted by atomic mass is 16.2. The predicted molar refractivity (Wildman–Crippen MR) is 89.3 cm³/mol. The zero-order chi connectivity index (χ0) is 16.2. The number of hydrogen-bond acceptors (Lipinski definition) is 5. The fraction of sp³-hybridized carbons (Fsp3) is 0.412. The first-order valence-corrected chi connectivity index (χ1v) is 7.90. The molecule has 1 atom stereocenters. The molecule has 1 N–H and O–H groups in total. The third kappa shape index (κ3) is 3.83. The van der Waals surface area contributed by atoms with E-state index in [1.165, 1.54) is 0 Å². The van der Waals surface area contributed by atoms with Gasteiger partial charge in [0.05, 0.1) is 11.6 Å². The zero-order valence-corrected chi connectivity index (χ0v) is 13.5. The Morgan fingerprint density at radius 3 is 2.87 bits per heavy atom. The number of piperidine rings is 1. The fourth-order valence-corrected chi connectivity index (χ4v) is 2.79. The maximum Gasteiger partial charge on any atom is 0.230 e. The van der Waals surface area contributed by atoms with Crippen LogP contribution >= 0.6 is 0 Å². The maximum absolute atomic E-state index is 12.5. The summed E-state index contributed by atoms with van der Waals surface area (Å²) in [4.78, 5) is 18.8. The van der Waals surface area contributed by atoms with E-state index in [0.29, 0.717) is 12.4 Å². The van der Waals surface area contributed by atoms with Crippen LogP contribution in [0.4, 0.5) is 11.6 Å². The van der Waals surface area contributed by atoms with E-state index in [2.05, 4.69) is 25.4 Å². The number of hydrogen-bond donors (Lipinski definition) is 1. The zero-order valence-electron chi connectivity index (χ0n) is 13.5. The molecule has 3 heterocycles. The van der Waals surface area contributed by atoms with E-state index in [9.17, 15) is 4.79 Å². The van der Waals surface area contributed by atoms with Crippen LogP contribution in [0.5, 0.6) is 0 Å². The molecule has 120 valence electrons. The number of amides is 1. The molecule has 6 nitrogen and oxygen atoms in total. The van der Waals surface area contributed by atoms with E-state index >= 15 is 0 Å². The van der Waals surface area contributed by atoms with Gasteiger partial charge in [0.15, 0.2) is 5.82 Å². The van der Waals surface area contributed by atoms with Crippen LogP contribution in [0.15, 0.2) is 30.5 Å². The van der Waals surface area contributed by atoms with Crippen LogP contribution in [0.25, 0.3) is 0 Å². The van der Waals surface area contributed by atoms with Gasteiger partial charge in [-0.25, -0.2) is 4.98 Å². The van der Waals surface area contributed by atoms with Gasteiger partial charge in [0.2, 0.25) is 5.91 Å². The first kappa shape index (κ1) is 15.4. The molecule has 0 aromatic carbocycles. The summed E-state index contributed by atoms with van der Waals surface area (Å²) in [7, 11) is 0. The summed E-state index contributed by atoms with van der Waals surface area (Å²) < 4.78 is 0. The average molecular weight is 311 g/mol. The molecule has 0 saturated carbocycles. The molecule has 1 aliphatic heterocycles. The summed E-state index contributed by atoms with van der Waals surface area (Å²) >= 11 is 0. The monoisotopic (exact) mass is 311 g/mol. The molecule has 0 radical (unpaired) electrons. The summed E-state index contributed by atoms with van der Waals surface area (Å²) in [5.74, 6) is 1.41.